The molecule has 0 aliphatic rings. The van der Waals surface area contributed by atoms with Crippen molar-refractivity contribution in [2.24, 2.45) is 0 Å². The number of hydrogen-bond acceptors (Lipinski definition) is 5. The standard InChI is InChI=1S/C15H19BrN4O/c1-3-17-14-18-9-12(16)13(19-14)20-15(2,10-21)11-7-5-4-6-8-11/h4-9,21H,3,10H2,1-2H3,(H2,17,18,19,20). The molecule has 1 atom stereocenters. The second-order valence-corrected chi connectivity index (χ2v) is 5.76. The predicted molar refractivity (Wildman–Crippen MR) is 88.4 cm³/mol. The van der Waals surface area contributed by atoms with Crippen molar-refractivity contribution < 1.29 is 5.11 Å². The summed E-state index contributed by atoms with van der Waals surface area (Å²) in [5.74, 6) is 1.19. The highest BCUT2D eigenvalue weighted by atomic mass is 79.9. The van der Waals surface area contributed by atoms with E-state index in [0.717, 1.165) is 16.6 Å². The smallest absolute Gasteiger partial charge is 0.224 e. The normalized spacial score (nSPS) is 13.5. The molecule has 21 heavy (non-hydrogen) atoms. The number of benzene rings is 1. The van der Waals surface area contributed by atoms with E-state index in [1.165, 1.54) is 0 Å². The summed E-state index contributed by atoms with van der Waals surface area (Å²) in [6.07, 6.45) is 1.69. The van der Waals surface area contributed by atoms with Crippen molar-refractivity contribution >= 4 is 27.7 Å². The van der Waals surface area contributed by atoms with E-state index in [4.69, 9.17) is 0 Å². The van der Waals surface area contributed by atoms with Gasteiger partial charge in [0.25, 0.3) is 0 Å². The summed E-state index contributed by atoms with van der Waals surface area (Å²) in [4.78, 5) is 8.61. The molecule has 2 rings (SSSR count). The summed E-state index contributed by atoms with van der Waals surface area (Å²) in [6.45, 7) is 4.62. The summed E-state index contributed by atoms with van der Waals surface area (Å²) in [5, 5.41) is 16.2. The third kappa shape index (κ3) is 3.71. The van der Waals surface area contributed by atoms with Crippen LogP contribution in [0.2, 0.25) is 0 Å². The van der Waals surface area contributed by atoms with Crippen molar-refractivity contribution in [3.63, 3.8) is 0 Å². The average Bonchev–Trinajstić information content (AvgIpc) is 2.51. The first-order chi connectivity index (χ1) is 10.1. The van der Waals surface area contributed by atoms with Gasteiger partial charge < -0.3 is 15.7 Å². The lowest BCUT2D eigenvalue weighted by molar-refractivity contribution is 0.223. The maximum Gasteiger partial charge on any atom is 0.224 e. The first kappa shape index (κ1) is 15.7. The molecule has 0 aliphatic heterocycles. The van der Waals surface area contributed by atoms with E-state index in [-0.39, 0.29) is 6.61 Å². The van der Waals surface area contributed by atoms with Gasteiger partial charge in [0, 0.05) is 12.7 Å². The Morgan fingerprint density at radius 1 is 1.29 bits per heavy atom. The number of nitrogens with zero attached hydrogens (tertiary/aromatic N) is 2. The largest absolute Gasteiger partial charge is 0.394 e. The molecule has 5 nitrogen and oxygen atoms in total. The molecule has 0 saturated carbocycles. The monoisotopic (exact) mass is 350 g/mol. The number of halogens is 1. The molecule has 1 heterocycles. The molecule has 6 heteroatoms. The van der Waals surface area contributed by atoms with Crippen LogP contribution in [0, 0.1) is 0 Å². The fourth-order valence-corrected chi connectivity index (χ4v) is 2.26. The van der Waals surface area contributed by atoms with Gasteiger partial charge in [0.1, 0.15) is 5.82 Å². The minimum atomic E-state index is -0.623. The second kappa shape index (κ2) is 6.87. The van der Waals surface area contributed by atoms with Gasteiger partial charge >= 0.3 is 0 Å². The van der Waals surface area contributed by atoms with Crippen LogP contribution < -0.4 is 10.6 Å². The zero-order chi connectivity index (χ0) is 15.3. The van der Waals surface area contributed by atoms with Gasteiger partial charge in [0.15, 0.2) is 0 Å². The highest BCUT2D eigenvalue weighted by Crippen LogP contribution is 2.29. The lowest BCUT2D eigenvalue weighted by Crippen LogP contribution is -2.36. The SMILES string of the molecule is CCNc1ncc(Br)c(NC(C)(CO)c2ccccc2)n1. The zero-order valence-electron chi connectivity index (χ0n) is 12.1. The van der Waals surface area contributed by atoms with Crippen LogP contribution in [-0.2, 0) is 5.54 Å². The summed E-state index contributed by atoms with van der Waals surface area (Å²) in [7, 11) is 0. The Hall–Kier alpha value is -1.66. The van der Waals surface area contributed by atoms with Gasteiger partial charge in [-0.05, 0) is 35.3 Å². The van der Waals surface area contributed by atoms with Crippen molar-refractivity contribution in [2.75, 3.05) is 23.8 Å². The first-order valence-electron chi connectivity index (χ1n) is 6.80. The van der Waals surface area contributed by atoms with Crippen molar-refractivity contribution in [1.82, 2.24) is 9.97 Å². The van der Waals surface area contributed by atoms with Gasteiger partial charge in [0.2, 0.25) is 5.95 Å². The lowest BCUT2D eigenvalue weighted by atomic mass is 9.93. The van der Waals surface area contributed by atoms with Gasteiger partial charge in [-0.15, -0.1) is 0 Å². The quantitative estimate of drug-likeness (QED) is 0.746. The average molecular weight is 351 g/mol. The maximum atomic E-state index is 9.83. The molecule has 1 aromatic carbocycles. The molecule has 0 spiro atoms. The van der Waals surface area contributed by atoms with Gasteiger partial charge in [0.05, 0.1) is 16.6 Å². The Kier molecular flexibility index (Phi) is 5.14. The molecular formula is C15H19BrN4O. The number of hydrogen-bond donors (Lipinski definition) is 3. The summed E-state index contributed by atoms with van der Waals surface area (Å²) < 4.78 is 0.750. The molecule has 0 bridgehead atoms. The van der Waals surface area contributed by atoms with Gasteiger partial charge in [-0.1, -0.05) is 30.3 Å². The summed E-state index contributed by atoms with van der Waals surface area (Å²) in [5.41, 5.74) is 0.366. The number of rotatable bonds is 6. The third-order valence-corrected chi connectivity index (χ3v) is 3.78. The number of nitrogens with one attached hydrogen (secondary N) is 2. The van der Waals surface area contributed by atoms with E-state index in [1.807, 2.05) is 44.2 Å². The van der Waals surface area contributed by atoms with Crippen LogP contribution in [0.15, 0.2) is 41.0 Å². The van der Waals surface area contributed by atoms with Crippen LogP contribution >= 0.6 is 15.9 Å². The number of aliphatic hydroxyl groups is 1. The van der Waals surface area contributed by atoms with Crippen LogP contribution in [0.25, 0.3) is 0 Å². The van der Waals surface area contributed by atoms with Crippen molar-refractivity contribution in [3.8, 4) is 0 Å². The Morgan fingerprint density at radius 3 is 2.62 bits per heavy atom. The molecule has 2 aromatic rings. The molecule has 1 unspecified atom stereocenters. The minimum absolute atomic E-state index is 0.0516. The highest BCUT2D eigenvalue weighted by molar-refractivity contribution is 9.10. The van der Waals surface area contributed by atoms with Crippen LogP contribution in [0.5, 0.6) is 0 Å². The van der Waals surface area contributed by atoms with Gasteiger partial charge in [-0.3, -0.25) is 0 Å². The summed E-state index contributed by atoms with van der Waals surface area (Å²) in [6, 6.07) is 9.80. The number of aliphatic hydroxyl groups excluding tert-OH is 1. The predicted octanol–water partition coefficient (Wildman–Crippen LogP) is 2.99. The second-order valence-electron chi connectivity index (χ2n) is 4.90. The molecule has 1 aromatic heterocycles. The Morgan fingerprint density at radius 2 is 2.00 bits per heavy atom. The number of aromatic nitrogens is 2. The fraction of sp³-hybridized carbons (Fsp3) is 0.333. The summed E-state index contributed by atoms with van der Waals surface area (Å²) >= 11 is 3.44. The van der Waals surface area contributed by atoms with Crippen LogP contribution in [0.3, 0.4) is 0 Å². The van der Waals surface area contributed by atoms with E-state index < -0.39 is 5.54 Å². The van der Waals surface area contributed by atoms with Gasteiger partial charge in [-0.25, -0.2) is 4.98 Å². The molecular weight excluding hydrogens is 332 g/mol. The van der Waals surface area contributed by atoms with E-state index in [0.29, 0.717) is 11.8 Å². The minimum Gasteiger partial charge on any atom is -0.394 e. The molecule has 112 valence electrons. The molecule has 0 radical (unpaired) electrons. The van der Waals surface area contributed by atoms with E-state index in [9.17, 15) is 5.11 Å². The van der Waals surface area contributed by atoms with Gasteiger partial charge in [-0.2, -0.15) is 4.98 Å². The Balaban J connectivity index is 2.32. The zero-order valence-corrected chi connectivity index (χ0v) is 13.7. The highest BCUT2D eigenvalue weighted by Gasteiger charge is 2.27. The van der Waals surface area contributed by atoms with Crippen molar-refractivity contribution in [3.05, 3.63) is 46.6 Å². The molecule has 0 aliphatic carbocycles. The molecule has 3 N–H and O–H groups in total. The third-order valence-electron chi connectivity index (χ3n) is 3.20. The van der Waals surface area contributed by atoms with Crippen LogP contribution in [0.4, 0.5) is 11.8 Å². The molecule has 0 saturated heterocycles. The maximum absolute atomic E-state index is 9.83. The Labute approximate surface area is 133 Å². The fourth-order valence-electron chi connectivity index (χ4n) is 1.97. The first-order valence-corrected chi connectivity index (χ1v) is 7.59. The van der Waals surface area contributed by atoms with Crippen LogP contribution in [-0.4, -0.2) is 28.2 Å². The molecule has 0 fully saturated rings. The van der Waals surface area contributed by atoms with E-state index in [1.54, 1.807) is 6.20 Å². The topological polar surface area (TPSA) is 70.1 Å². The molecule has 0 amide bonds. The van der Waals surface area contributed by atoms with E-state index >= 15 is 0 Å². The van der Waals surface area contributed by atoms with E-state index in [2.05, 4.69) is 36.5 Å². The van der Waals surface area contributed by atoms with Crippen molar-refractivity contribution in [2.45, 2.75) is 19.4 Å². The van der Waals surface area contributed by atoms with Crippen molar-refractivity contribution in [1.29, 1.82) is 0 Å². The van der Waals surface area contributed by atoms with Crippen LogP contribution in [0.1, 0.15) is 19.4 Å². The Bertz CT molecular complexity index is 593. The lowest BCUT2D eigenvalue weighted by Gasteiger charge is -2.30. The number of anilines is 2.